The summed E-state index contributed by atoms with van der Waals surface area (Å²) in [6.07, 6.45) is 3.34. The Labute approximate surface area is 85.3 Å². The van der Waals surface area contributed by atoms with Gasteiger partial charge in [-0.05, 0) is 29.1 Å². The molecule has 14 heavy (non-hydrogen) atoms. The Bertz CT molecular complexity index is 403. The van der Waals surface area contributed by atoms with Crippen LogP contribution in [0.2, 0.25) is 0 Å². The molecule has 0 aliphatic heterocycles. The summed E-state index contributed by atoms with van der Waals surface area (Å²) in [6.45, 7) is 9.46. The predicted octanol–water partition coefficient (Wildman–Crippen LogP) is 2.79. The summed E-state index contributed by atoms with van der Waals surface area (Å²) >= 11 is 0. The van der Waals surface area contributed by atoms with Crippen LogP contribution in [-0.2, 0) is 4.79 Å². The number of ketones is 1. The summed E-state index contributed by atoms with van der Waals surface area (Å²) in [5.74, 6) is 0.568. The first kappa shape index (κ1) is 7.90. The van der Waals surface area contributed by atoms with Crippen molar-refractivity contribution in [2.45, 2.75) is 47.0 Å². The highest BCUT2D eigenvalue weighted by Gasteiger charge is 3.07. The van der Waals surface area contributed by atoms with E-state index in [1.807, 2.05) is 0 Å². The van der Waals surface area contributed by atoms with Gasteiger partial charge in [0.25, 0.3) is 0 Å². The lowest BCUT2D eigenvalue weighted by molar-refractivity contribution is -0.141. The minimum Gasteiger partial charge on any atom is -0.299 e. The number of fused-ring (bicyclic) bond motifs is 1. The quantitative estimate of drug-likeness (QED) is 0.574. The van der Waals surface area contributed by atoms with E-state index in [-0.39, 0.29) is 5.41 Å². The summed E-state index contributed by atoms with van der Waals surface area (Å²) in [5, 5.41) is 0. The van der Waals surface area contributed by atoms with E-state index in [4.69, 9.17) is 0 Å². The van der Waals surface area contributed by atoms with Crippen LogP contribution in [0.5, 0.6) is 0 Å². The second-order valence-electron chi connectivity index (χ2n) is 7.26. The molecule has 4 saturated carbocycles. The molecular formula is C13H18O. The SMILES string of the molecule is CC12CC(=O)C3(C)CC4(C)C(C)(C1)C234. The Kier molecular flexibility index (Phi) is 0.765. The third-order valence-corrected chi connectivity index (χ3v) is 7.16. The van der Waals surface area contributed by atoms with Crippen LogP contribution in [0.1, 0.15) is 47.0 Å². The molecule has 5 atom stereocenters. The maximum atomic E-state index is 12.1. The molecule has 0 radical (unpaired) electrons. The molecular weight excluding hydrogens is 172 g/mol. The van der Waals surface area contributed by atoms with Crippen molar-refractivity contribution in [1.29, 1.82) is 0 Å². The van der Waals surface area contributed by atoms with Crippen LogP contribution in [0.4, 0.5) is 0 Å². The van der Waals surface area contributed by atoms with Gasteiger partial charge in [-0.2, -0.15) is 0 Å². The van der Waals surface area contributed by atoms with Gasteiger partial charge in [-0.25, -0.2) is 0 Å². The Morgan fingerprint density at radius 2 is 1.57 bits per heavy atom. The van der Waals surface area contributed by atoms with Gasteiger partial charge in [0, 0.05) is 17.3 Å². The molecule has 4 aliphatic carbocycles. The molecule has 1 heteroatoms. The number of rotatable bonds is 0. The van der Waals surface area contributed by atoms with Crippen LogP contribution < -0.4 is 0 Å². The molecule has 4 fully saturated rings. The van der Waals surface area contributed by atoms with Gasteiger partial charge in [-0.3, -0.25) is 4.79 Å². The van der Waals surface area contributed by atoms with Crippen molar-refractivity contribution in [1.82, 2.24) is 0 Å². The highest BCUT2D eigenvalue weighted by Crippen LogP contribution is 3.10. The van der Waals surface area contributed by atoms with Crippen LogP contribution >= 0.6 is 0 Å². The molecule has 0 aromatic carbocycles. The second kappa shape index (κ2) is 1.36. The molecule has 0 saturated heterocycles. The zero-order valence-electron chi connectivity index (χ0n) is 9.53. The Morgan fingerprint density at radius 1 is 1.00 bits per heavy atom. The van der Waals surface area contributed by atoms with E-state index in [2.05, 4.69) is 27.7 Å². The Hall–Kier alpha value is -0.330. The normalized spacial score (nSPS) is 77.3. The monoisotopic (exact) mass is 190 g/mol. The minimum absolute atomic E-state index is 0.0729. The van der Waals surface area contributed by atoms with Gasteiger partial charge in [0.05, 0.1) is 0 Å². The molecule has 76 valence electrons. The lowest BCUT2D eigenvalue weighted by Gasteiger charge is -2.56. The van der Waals surface area contributed by atoms with Gasteiger partial charge in [0.2, 0.25) is 0 Å². The average molecular weight is 190 g/mol. The number of carbonyl (C=O) groups excluding carboxylic acids is 1. The largest absolute Gasteiger partial charge is 0.299 e. The second-order valence-corrected chi connectivity index (χ2v) is 7.26. The van der Waals surface area contributed by atoms with E-state index in [0.29, 0.717) is 27.4 Å². The van der Waals surface area contributed by atoms with E-state index in [9.17, 15) is 4.79 Å². The lowest BCUT2D eigenvalue weighted by atomic mass is 9.46. The van der Waals surface area contributed by atoms with Gasteiger partial charge in [0.15, 0.2) is 0 Å². The average Bonchev–Trinajstić information content (AvgIpc) is 2.23. The molecule has 0 heterocycles. The third-order valence-electron chi connectivity index (χ3n) is 7.16. The number of carbonyl (C=O) groups is 1. The molecule has 0 aromatic heterocycles. The van der Waals surface area contributed by atoms with Gasteiger partial charge in [-0.1, -0.05) is 27.7 Å². The van der Waals surface area contributed by atoms with Crippen LogP contribution in [0.25, 0.3) is 0 Å². The maximum Gasteiger partial charge on any atom is 0.139 e. The highest BCUT2D eigenvalue weighted by atomic mass is 16.1. The molecule has 4 rings (SSSR count). The highest BCUT2D eigenvalue weighted by molar-refractivity contribution is 5.95. The summed E-state index contributed by atoms with van der Waals surface area (Å²) in [5.41, 5.74) is 1.92. The van der Waals surface area contributed by atoms with Gasteiger partial charge >= 0.3 is 0 Å². The van der Waals surface area contributed by atoms with Crippen molar-refractivity contribution in [2.75, 3.05) is 0 Å². The van der Waals surface area contributed by atoms with Crippen LogP contribution in [-0.4, -0.2) is 5.78 Å². The topological polar surface area (TPSA) is 17.1 Å². The van der Waals surface area contributed by atoms with Crippen LogP contribution in [0, 0.1) is 27.1 Å². The van der Waals surface area contributed by atoms with Gasteiger partial charge in [0.1, 0.15) is 5.78 Å². The van der Waals surface area contributed by atoms with Crippen molar-refractivity contribution >= 4 is 5.78 Å². The van der Waals surface area contributed by atoms with E-state index in [0.717, 1.165) is 6.42 Å². The van der Waals surface area contributed by atoms with E-state index in [1.54, 1.807) is 0 Å². The predicted molar refractivity (Wildman–Crippen MR) is 53.7 cm³/mol. The standard InChI is InChI=1S/C13H18O/c1-9-5-8(14)10(2)7-12(4)11(3,6-9)13(9,10)12/h5-7H2,1-4H3. The lowest BCUT2D eigenvalue weighted by Crippen LogP contribution is -2.53. The summed E-state index contributed by atoms with van der Waals surface area (Å²) in [6, 6.07) is 0. The van der Waals surface area contributed by atoms with E-state index in [1.165, 1.54) is 12.8 Å². The van der Waals surface area contributed by atoms with Crippen molar-refractivity contribution < 1.29 is 4.79 Å². The number of Topliss-reactive ketones (excluding diaryl/α,β-unsaturated/α-hetero) is 1. The van der Waals surface area contributed by atoms with Gasteiger partial charge in [-0.15, -0.1) is 0 Å². The Balaban J connectivity index is 2.02. The first-order chi connectivity index (χ1) is 6.29. The van der Waals surface area contributed by atoms with Crippen molar-refractivity contribution in [2.24, 2.45) is 27.1 Å². The van der Waals surface area contributed by atoms with Crippen LogP contribution in [0.15, 0.2) is 0 Å². The van der Waals surface area contributed by atoms with Gasteiger partial charge < -0.3 is 0 Å². The summed E-state index contributed by atoms with van der Waals surface area (Å²) in [4.78, 5) is 12.1. The molecule has 0 aromatic rings. The minimum atomic E-state index is 0.0729. The van der Waals surface area contributed by atoms with Crippen molar-refractivity contribution in [3.05, 3.63) is 0 Å². The van der Waals surface area contributed by atoms with Crippen molar-refractivity contribution in [3.8, 4) is 0 Å². The molecule has 1 nitrogen and oxygen atoms in total. The molecule has 0 amide bonds. The molecule has 1 spiro atoms. The Morgan fingerprint density at radius 3 is 1.93 bits per heavy atom. The summed E-state index contributed by atoms with van der Waals surface area (Å²) < 4.78 is 0. The first-order valence-electron chi connectivity index (χ1n) is 5.83. The van der Waals surface area contributed by atoms with Crippen LogP contribution in [0.3, 0.4) is 0 Å². The fourth-order valence-corrected chi connectivity index (χ4v) is 7.53. The van der Waals surface area contributed by atoms with E-state index < -0.39 is 0 Å². The zero-order chi connectivity index (χ0) is 10.2. The number of hydrogen-bond donors (Lipinski definition) is 0. The van der Waals surface area contributed by atoms with E-state index >= 15 is 0 Å². The molecule has 0 N–H and O–H groups in total. The fraction of sp³-hybridized carbons (Fsp3) is 0.923. The molecule has 0 bridgehead atoms. The smallest absolute Gasteiger partial charge is 0.139 e. The fourth-order valence-electron chi connectivity index (χ4n) is 7.53. The summed E-state index contributed by atoms with van der Waals surface area (Å²) in [7, 11) is 0. The maximum absolute atomic E-state index is 12.1. The molecule has 4 aliphatic rings. The third kappa shape index (κ3) is 0.308. The zero-order valence-corrected chi connectivity index (χ0v) is 9.53. The molecule has 5 unspecified atom stereocenters. The van der Waals surface area contributed by atoms with Crippen molar-refractivity contribution in [3.63, 3.8) is 0 Å². The first-order valence-corrected chi connectivity index (χ1v) is 5.83. The number of hydrogen-bond acceptors (Lipinski definition) is 1.